The number of carbonyl (C=O) groups excluding carboxylic acids is 2. The van der Waals surface area contributed by atoms with Crippen molar-refractivity contribution in [2.24, 2.45) is 5.92 Å². The van der Waals surface area contributed by atoms with Gasteiger partial charge in [0.15, 0.2) is 16.7 Å². The molecule has 2 aromatic carbocycles. The first-order chi connectivity index (χ1) is 21.1. The van der Waals surface area contributed by atoms with Crippen LogP contribution in [0.25, 0.3) is 11.1 Å². The molecule has 2 N–H and O–H groups in total. The SMILES string of the molecule is COc1ccc(-c2cnc(SCC(=O)NC[C@@H](C(=O)OC(C)(C)CCc3ccc(Cl)c(Cl)c3)C3CCCN3)nc2)cc1OC. The van der Waals surface area contributed by atoms with Crippen molar-refractivity contribution in [1.82, 2.24) is 20.6 Å². The van der Waals surface area contributed by atoms with E-state index in [2.05, 4.69) is 20.6 Å². The highest BCUT2D eigenvalue weighted by molar-refractivity contribution is 7.99. The molecule has 1 unspecified atom stereocenters. The number of hydrogen-bond donors (Lipinski definition) is 2. The summed E-state index contributed by atoms with van der Waals surface area (Å²) in [5.74, 6) is 0.320. The lowest BCUT2D eigenvalue weighted by molar-refractivity contribution is -0.163. The molecule has 1 aliphatic rings. The summed E-state index contributed by atoms with van der Waals surface area (Å²) in [6.07, 6.45) is 6.50. The first-order valence-electron chi connectivity index (χ1n) is 14.4. The average Bonchev–Trinajstić information content (AvgIpc) is 3.55. The summed E-state index contributed by atoms with van der Waals surface area (Å²) < 4.78 is 16.7. The molecule has 1 saturated heterocycles. The molecule has 2 heterocycles. The van der Waals surface area contributed by atoms with Gasteiger partial charge in [-0.05, 0) is 81.5 Å². The second-order valence-corrected chi connectivity index (χ2v) is 12.9. The molecule has 0 radical (unpaired) electrons. The quantitative estimate of drug-likeness (QED) is 0.122. The second kappa shape index (κ2) is 15.8. The van der Waals surface area contributed by atoms with E-state index in [0.717, 1.165) is 36.1 Å². The number of nitrogens with zero attached hydrogens (tertiary/aromatic N) is 2. The first-order valence-corrected chi connectivity index (χ1v) is 16.2. The molecule has 236 valence electrons. The van der Waals surface area contributed by atoms with Crippen LogP contribution in [0.4, 0.5) is 0 Å². The van der Waals surface area contributed by atoms with Crippen LogP contribution in [0.1, 0.15) is 38.7 Å². The van der Waals surface area contributed by atoms with Gasteiger partial charge in [0.2, 0.25) is 5.91 Å². The van der Waals surface area contributed by atoms with Gasteiger partial charge in [0, 0.05) is 30.5 Å². The van der Waals surface area contributed by atoms with Crippen molar-refractivity contribution in [3.63, 3.8) is 0 Å². The fourth-order valence-corrected chi connectivity index (χ4v) is 5.88. The number of carbonyl (C=O) groups is 2. The molecule has 1 aliphatic heterocycles. The van der Waals surface area contributed by atoms with Gasteiger partial charge in [-0.15, -0.1) is 0 Å². The van der Waals surface area contributed by atoms with Gasteiger partial charge in [-0.2, -0.15) is 0 Å². The summed E-state index contributed by atoms with van der Waals surface area (Å²) in [6, 6.07) is 11.0. The zero-order valence-corrected chi connectivity index (χ0v) is 27.7. The van der Waals surface area contributed by atoms with Crippen molar-refractivity contribution in [3.05, 3.63) is 64.4 Å². The number of aryl methyl sites for hydroxylation is 1. The number of benzene rings is 2. The summed E-state index contributed by atoms with van der Waals surface area (Å²) >= 11 is 13.4. The standard InChI is InChI=1S/C32H38Cl2N4O5S/c1-32(2,12-11-20-7-9-24(33)25(34)14-20)43-30(40)23(26-6-5-13-35-26)18-36-29(39)19-44-31-37-16-22(17-38-31)21-8-10-27(41-3)28(15-21)42-4/h7-10,14-17,23,26,35H,5-6,11-13,18-19H2,1-4H3,(H,36,39)/t23-,26?/m1/s1. The van der Waals surface area contributed by atoms with Crippen molar-refractivity contribution in [2.45, 2.75) is 56.3 Å². The van der Waals surface area contributed by atoms with Crippen LogP contribution >= 0.6 is 35.0 Å². The van der Waals surface area contributed by atoms with E-state index < -0.39 is 11.5 Å². The van der Waals surface area contributed by atoms with Crippen LogP contribution in [-0.4, -0.2) is 66.5 Å². The van der Waals surface area contributed by atoms with Crippen LogP contribution in [-0.2, 0) is 20.7 Å². The highest BCUT2D eigenvalue weighted by atomic mass is 35.5. The Hall–Kier alpha value is -3.05. The molecule has 44 heavy (non-hydrogen) atoms. The zero-order valence-electron chi connectivity index (χ0n) is 25.3. The fourth-order valence-electron chi connectivity index (χ4n) is 4.94. The summed E-state index contributed by atoms with van der Waals surface area (Å²) in [4.78, 5) is 35.0. The molecule has 1 amide bonds. The normalized spacial score (nSPS) is 15.5. The molecule has 1 aromatic heterocycles. The van der Waals surface area contributed by atoms with E-state index in [4.69, 9.17) is 37.4 Å². The van der Waals surface area contributed by atoms with Crippen LogP contribution in [0.3, 0.4) is 0 Å². The Bertz CT molecular complexity index is 1430. The van der Waals surface area contributed by atoms with Crippen molar-refractivity contribution >= 4 is 46.8 Å². The molecule has 4 rings (SSSR count). The first kappa shape index (κ1) is 33.8. The Labute approximate surface area is 272 Å². The monoisotopic (exact) mass is 660 g/mol. The maximum absolute atomic E-state index is 13.4. The molecular formula is C32H38Cl2N4O5S. The number of thioether (sulfide) groups is 1. The summed E-state index contributed by atoms with van der Waals surface area (Å²) in [5, 5.41) is 7.78. The summed E-state index contributed by atoms with van der Waals surface area (Å²) in [5.41, 5.74) is 2.00. The summed E-state index contributed by atoms with van der Waals surface area (Å²) in [7, 11) is 3.17. The van der Waals surface area contributed by atoms with E-state index in [1.54, 1.807) is 32.7 Å². The number of nitrogens with one attached hydrogen (secondary N) is 2. The van der Waals surface area contributed by atoms with Gasteiger partial charge in [-0.25, -0.2) is 9.97 Å². The highest BCUT2D eigenvalue weighted by Gasteiger charge is 2.35. The number of methoxy groups -OCH3 is 2. The number of esters is 1. The van der Waals surface area contributed by atoms with Crippen molar-refractivity contribution < 1.29 is 23.8 Å². The molecule has 0 spiro atoms. The molecule has 3 aromatic rings. The fraction of sp³-hybridized carbons (Fsp3) is 0.438. The van der Waals surface area contributed by atoms with Crippen LogP contribution in [0.5, 0.6) is 11.5 Å². The van der Waals surface area contributed by atoms with E-state index in [9.17, 15) is 9.59 Å². The molecule has 0 saturated carbocycles. The van der Waals surface area contributed by atoms with Crippen LogP contribution in [0, 0.1) is 5.92 Å². The molecule has 2 atom stereocenters. The number of halogens is 2. The van der Waals surface area contributed by atoms with Crippen molar-refractivity contribution in [3.8, 4) is 22.6 Å². The number of rotatable bonds is 14. The van der Waals surface area contributed by atoms with Crippen LogP contribution in [0.2, 0.25) is 10.0 Å². The average molecular weight is 662 g/mol. The Morgan fingerprint density at radius 3 is 2.45 bits per heavy atom. The summed E-state index contributed by atoms with van der Waals surface area (Å²) in [6.45, 7) is 4.80. The van der Waals surface area contributed by atoms with E-state index >= 15 is 0 Å². The Balaban J connectivity index is 1.29. The maximum Gasteiger partial charge on any atom is 0.312 e. The zero-order chi connectivity index (χ0) is 31.7. The van der Waals surface area contributed by atoms with E-state index in [-0.39, 0.29) is 30.2 Å². The lowest BCUT2D eigenvalue weighted by atomic mass is 9.95. The van der Waals surface area contributed by atoms with Gasteiger partial charge in [-0.3, -0.25) is 9.59 Å². The third-order valence-corrected chi connectivity index (χ3v) is 9.07. The van der Waals surface area contributed by atoms with E-state index in [0.29, 0.717) is 39.5 Å². The Kier molecular flexibility index (Phi) is 12.1. The van der Waals surface area contributed by atoms with Crippen LogP contribution in [0.15, 0.2) is 53.9 Å². The molecular weight excluding hydrogens is 623 g/mol. The maximum atomic E-state index is 13.4. The lowest BCUT2D eigenvalue weighted by Gasteiger charge is -2.30. The third kappa shape index (κ3) is 9.47. The van der Waals surface area contributed by atoms with Gasteiger partial charge < -0.3 is 24.8 Å². The minimum absolute atomic E-state index is 0.0613. The predicted molar refractivity (Wildman–Crippen MR) is 174 cm³/mol. The lowest BCUT2D eigenvalue weighted by Crippen LogP contribution is -2.46. The minimum atomic E-state index is -0.708. The minimum Gasteiger partial charge on any atom is -0.493 e. The van der Waals surface area contributed by atoms with Gasteiger partial charge >= 0.3 is 5.97 Å². The van der Waals surface area contributed by atoms with Gasteiger partial charge in [-0.1, -0.05) is 47.1 Å². The van der Waals surface area contributed by atoms with E-state index in [1.807, 2.05) is 44.2 Å². The third-order valence-electron chi connectivity index (χ3n) is 7.46. The van der Waals surface area contributed by atoms with E-state index in [1.165, 1.54) is 11.8 Å². The topological polar surface area (TPSA) is 112 Å². The van der Waals surface area contributed by atoms with Crippen molar-refractivity contribution in [2.75, 3.05) is 33.1 Å². The molecule has 0 aliphatic carbocycles. The highest BCUT2D eigenvalue weighted by Crippen LogP contribution is 2.32. The second-order valence-electron chi connectivity index (χ2n) is 11.2. The molecule has 9 nitrogen and oxygen atoms in total. The van der Waals surface area contributed by atoms with Crippen LogP contribution < -0.4 is 20.1 Å². The largest absolute Gasteiger partial charge is 0.493 e. The number of ether oxygens (including phenoxy) is 3. The Morgan fingerprint density at radius 1 is 1.05 bits per heavy atom. The molecule has 0 bridgehead atoms. The Morgan fingerprint density at radius 2 is 1.80 bits per heavy atom. The number of hydrogen-bond acceptors (Lipinski definition) is 9. The van der Waals surface area contributed by atoms with Gasteiger partial charge in [0.1, 0.15) is 5.60 Å². The predicted octanol–water partition coefficient (Wildman–Crippen LogP) is 6.00. The molecule has 1 fully saturated rings. The van der Waals surface area contributed by atoms with Gasteiger partial charge in [0.05, 0.1) is 35.9 Å². The number of amides is 1. The number of aromatic nitrogens is 2. The molecule has 12 heteroatoms. The van der Waals surface area contributed by atoms with Gasteiger partial charge in [0.25, 0.3) is 0 Å². The smallest absolute Gasteiger partial charge is 0.312 e. The van der Waals surface area contributed by atoms with Crippen molar-refractivity contribution in [1.29, 1.82) is 0 Å².